The molecule has 1 aromatic carbocycles. The Hall–Kier alpha value is -1.49. The Morgan fingerprint density at radius 2 is 2.10 bits per heavy atom. The molecule has 0 spiro atoms. The quantitative estimate of drug-likeness (QED) is 0.540. The number of hydrogen-bond donors (Lipinski definition) is 1. The van der Waals surface area contributed by atoms with E-state index in [1.54, 1.807) is 18.2 Å². The highest BCUT2D eigenvalue weighted by Gasteiger charge is 1.92. The molecule has 10 heavy (non-hydrogen) atoms. The zero-order valence-electron chi connectivity index (χ0n) is 5.46. The van der Waals surface area contributed by atoms with E-state index in [4.69, 9.17) is 11.0 Å². The van der Waals surface area contributed by atoms with Crippen molar-refractivity contribution in [3.05, 3.63) is 36.2 Å². The van der Waals surface area contributed by atoms with Crippen LogP contribution in [0.25, 0.3) is 0 Å². The van der Waals surface area contributed by atoms with Crippen LogP contribution < -0.4 is 5.73 Å². The summed E-state index contributed by atoms with van der Waals surface area (Å²) < 4.78 is 0. The summed E-state index contributed by atoms with van der Waals surface area (Å²) in [6.45, 7) is 3.66. The fourth-order valence-electron chi connectivity index (χ4n) is 0.783. The molecule has 1 aromatic rings. The van der Waals surface area contributed by atoms with Crippen LogP contribution in [-0.2, 0) is 0 Å². The molecule has 0 aliphatic carbocycles. The predicted molar refractivity (Wildman–Crippen MR) is 40.0 cm³/mol. The number of benzene rings is 1. The third-order valence-corrected chi connectivity index (χ3v) is 1.14. The van der Waals surface area contributed by atoms with E-state index in [9.17, 15) is 0 Å². The van der Waals surface area contributed by atoms with Gasteiger partial charge in [0.05, 0.1) is 11.6 Å². The van der Waals surface area contributed by atoms with E-state index in [1.165, 1.54) is 0 Å². The number of hydrogen-bond acceptors (Lipinski definition) is 2. The van der Waals surface area contributed by atoms with Crippen LogP contribution >= 0.6 is 0 Å². The van der Waals surface area contributed by atoms with Crippen LogP contribution in [0.1, 0.15) is 11.1 Å². The molecule has 0 aromatic heterocycles. The monoisotopic (exact) mass is 131 g/mol. The van der Waals surface area contributed by atoms with Crippen LogP contribution in [0.15, 0.2) is 18.2 Å². The van der Waals surface area contributed by atoms with Crippen molar-refractivity contribution < 1.29 is 0 Å². The first-order valence-corrected chi connectivity index (χ1v) is 2.85. The molecule has 0 bridgehead atoms. The van der Waals surface area contributed by atoms with Crippen molar-refractivity contribution in [3.8, 4) is 6.07 Å². The highest BCUT2D eigenvalue weighted by molar-refractivity contribution is 5.49. The summed E-state index contributed by atoms with van der Waals surface area (Å²) in [5.41, 5.74) is 7.37. The molecule has 0 amide bonds. The number of rotatable bonds is 0. The van der Waals surface area contributed by atoms with Gasteiger partial charge >= 0.3 is 0 Å². The van der Waals surface area contributed by atoms with Gasteiger partial charge in [-0.15, -0.1) is 0 Å². The molecule has 2 nitrogen and oxygen atoms in total. The molecule has 0 atom stereocenters. The molecule has 0 saturated carbocycles. The second-order valence-corrected chi connectivity index (χ2v) is 2.08. The molecular weight excluding hydrogens is 124 g/mol. The molecule has 0 aliphatic rings. The van der Waals surface area contributed by atoms with E-state index in [0.29, 0.717) is 11.3 Å². The third kappa shape index (κ3) is 1.26. The molecule has 0 saturated heterocycles. The lowest BCUT2D eigenvalue weighted by Crippen LogP contribution is -1.86. The van der Waals surface area contributed by atoms with Crippen LogP contribution in [0.4, 0.5) is 5.69 Å². The third-order valence-electron chi connectivity index (χ3n) is 1.14. The number of nitriles is 1. The molecule has 2 N–H and O–H groups in total. The smallest absolute Gasteiger partial charge is 0.0992 e. The van der Waals surface area contributed by atoms with Gasteiger partial charge in [0.25, 0.3) is 0 Å². The van der Waals surface area contributed by atoms with Gasteiger partial charge in [0.1, 0.15) is 0 Å². The predicted octanol–water partition coefficient (Wildman–Crippen LogP) is 1.32. The van der Waals surface area contributed by atoms with E-state index >= 15 is 0 Å². The van der Waals surface area contributed by atoms with E-state index in [0.717, 1.165) is 5.56 Å². The van der Waals surface area contributed by atoms with Gasteiger partial charge in [0.15, 0.2) is 0 Å². The first-order valence-electron chi connectivity index (χ1n) is 2.85. The number of anilines is 1. The van der Waals surface area contributed by atoms with Gasteiger partial charge in [-0.05, 0) is 30.7 Å². The summed E-state index contributed by atoms with van der Waals surface area (Å²) in [5, 5.41) is 8.45. The largest absolute Gasteiger partial charge is 0.399 e. The maximum atomic E-state index is 8.45. The fraction of sp³-hybridized carbons (Fsp3) is 0. The summed E-state index contributed by atoms with van der Waals surface area (Å²) in [6.07, 6.45) is 0. The Kier molecular flexibility index (Phi) is 1.59. The van der Waals surface area contributed by atoms with Gasteiger partial charge in [-0.1, -0.05) is 0 Å². The molecule has 49 valence electrons. The number of nitrogen functional groups attached to an aromatic ring is 1. The van der Waals surface area contributed by atoms with Gasteiger partial charge in [-0.3, -0.25) is 0 Å². The first-order chi connectivity index (χ1) is 4.72. The summed E-state index contributed by atoms with van der Waals surface area (Å²) in [6, 6.07) is 7.02. The second kappa shape index (κ2) is 2.40. The summed E-state index contributed by atoms with van der Waals surface area (Å²) in [5.74, 6) is 0. The molecular formula is C8H7N2. The van der Waals surface area contributed by atoms with Gasteiger partial charge in [0, 0.05) is 5.69 Å². The zero-order valence-corrected chi connectivity index (χ0v) is 5.46. The Morgan fingerprint density at radius 3 is 2.60 bits per heavy atom. The van der Waals surface area contributed by atoms with Crippen molar-refractivity contribution in [3.63, 3.8) is 0 Å². The Bertz CT molecular complexity index is 264. The standard InChI is InChI=1S/C8H7N2/c1-6-2-7(5-9)4-8(10)3-6/h2-4H,1,10H2. The normalized spacial score (nSPS) is 8.80. The molecule has 2 heteroatoms. The molecule has 1 rings (SSSR count). The van der Waals surface area contributed by atoms with E-state index in [2.05, 4.69) is 6.92 Å². The molecule has 0 aliphatic heterocycles. The van der Waals surface area contributed by atoms with Crippen LogP contribution in [-0.4, -0.2) is 0 Å². The number of nitrogens with two attached hydrogens (primary N) is 1. The Morgan fingerprint density at radius 1 is 1.40 bits per heavy atom. The van der Waals surface area contributed by atoms with Crippen molar-refractivity contribution in [1.82, 2.24) is 0 Å². The lowest BCUT2D eigenvalue weighted by molar-refractivity contribution is 1.47. The van der Waals surface area contributed by atoms with Crippen molar-refractivity contribution in [2.45, 2.75) is 0 Å². The van der Waals surface area contributed by atoms with E-state index < -0.39 is 0 Å². The van der Waals surface area contributed by atoms with Crippen molar-refractivity contribution >= 4 is 5.69 Å². The minimum absolute atomic E-state index is 0.560. The molecule has 0 unspecified atom stereocenters. The summed E-state index contributed by atoms with van der Waals surface area (Å²) in [7, 11) is 0. The van der Waals surface area contributed by atoms with Gasteiger partial charge in [-0.25, -0.2) is 0 Å². The summed E-state index contributed by atoms with van der Waals surface area (Å²) in [4.78, 5) is 0. The van der Waals surface area contributed by atoms with Crippen molar-refractivity contribution in [2.75, 3.05) is 5.73 Å². The fourth-order valence-corrected chi connectivity index (χ4v) is 0.783. The van der Waals surface area contributed by atoms with E-state index in [1.807, 2.05) is 6.07 Å². The lowest BCUT2D eigenvalue weighted by Gasteiger charge is -1.95. The average Bonchev–Trinajstić information content (AvgIpc) is 1.85. The van der Waals surface area contributed by atoms with Gasteiger partial charge in [0.2, 0.25) is 0 Å². The highest BCUT2D eigenvalue weighted by Crippen LogP contribution is 2.09. The van der Waals surface area contributed by atoms with Gasteiger partial charge < -0.3 is 5.73 Å². The minimum atomic E-state index is 0.560. The Balaban J connectivity index is 3.22. The maximum Gasteiger partial charge on any atom is 0.0992 e. The average molecular weight is 131 g/mol. The Labute approximate surface area is 59.9 Å². The first kappa shape index (κ1) is 6.63. The van der Waals surface area contributed by atoms with Crippen LogP contribution in [0.2, 0.25) is 0 Å². The maximum absolute atomic E-state index is 8.45. The molecule has 1 radical (unpaired) electrons. The second-order valence-electron chi connectivity index (χ2n) is 2.08. The highest BCUT2D eigenvalue weighted by atomic mass is 14.5. The SMILES string of the molecule is [CH2]c1cc(N)cc(C#N)c1. The molecule has 0 fully saturated rings. The summed E-state index contributed by atoms with van der Waals surface area (Å²) >= 11 is 0. The van der Waals surface area contributed by atoms with Crippen molar-refractivity contribution in [2.24, 2.45) is 0 Å². The minimum Gasteiger partial charge on any atom is -0.399 e. The van der Waals surface area contributed by atoms with Crippen LogP contribution in [0.3, 0.4) is 0 Å². The van der Waals surface area contributed by atoms with Crippen LogP contribution in [0, 0.1) is 18.3 Å². The lowest BCUT2D eigenvalue weighted by atomic mass is 10.1. The van der Waals surface area contributed by atoms with Gasteiger partial charge in [-0.2, -0.15) is 5.26 Å². The topological polar surface area (TPSA) is 49.8 Å². The van der Waals surface area contributed by atoms with Crippen LogP contribution in [0.5, 0.6) is 0 Å². The van der Waals surface area contributed by atoms with E-state index in [-0.39, 0.29) is 0 Å². The molecule has 0 heterocycles. The zero-order chi connectivity index (χ0) is 7.56. The van der Waals surface area contributed by atoms with Crippen molar-refractivity contribution in [1.29, 1.82) is 5.26 Å². The number of nitrogens with zero attached hydrogens (tertiary/aromatic N) is 1.